The summed E-state index contributed by atoms with van der Waals surface area (Å²) in [6.45, 7) is 0. The zero-order chi connectivity index (χ0) is 10.6. The number of halogens is 1. The molecule has 3 amide bonds. The average Bonchev–Trinajstić information content (AvgIpc) is 2.01. The van der Waals surface area contributed by atoms with Gasteiger partial charge in [-0.05, 0) is 17.7 Å². The van der Waals surface area contributed by atoms with E-state index < -0.39 is 17.8 Å². The summed E-state index contributed by atoms with van der Waals surface area (Å²) in [6.07, 6.45) is -0.0688. The van der Waals surface area contributed by atoms with Crippen molar-refractivity contribution >= 4 is 11.9 Å². The van der Waals surface area contributed by atoms with Crippen LogP contribution in [0.1, 0.15) is 5.56 Å². The lowest BCUT2D eigenvalue weighted by atomic mass is 10.1. The maximum Gasteiger partial charge on any atom is 0.318 e. The van der Waals surface area contributed by atoms with E-state index in [1.165, 1.54) is 18.2 Å². The van der Waals surface area contributed by atoms with Crippen molar-refractivity contribution in [2.45, 2.75) is 6.42 Å². The van der Waals surface area contributed by atoms with Crippen molar-refractivity contribution in [2.75, 3.05) is 0 Å². The standard InChI is InChI=1S/C9H9FN2O2/c10-7-3-1-2-6(4-7)5-8(13)12-9(11)14/h1-4H,5H2,(H3,11,12,13,14). The number of rotatable bonds is 2. The fourth-order valence-corrected chi connectivity index (χ4v) is 1.01. The number of amides is 3. The molecule has 0 fully saturated rings. The van der Waals surface area contributed by atoms with Crippen molar-refractivity contribution in [3.05, 3.63) is 35.6 Å². The molecule has 5 heteroatoms. The molecule has 4 nitrogen and oxygen atoms in total. The van der Waals surface area contributed by atoms with Gasteiger partial charge in [0.15, 0.2) is 0 Å². The number of imide groups is 1. The highest BCUT2D eigenvalue weighted by molar-refractivity contribution is 5.94. The Balaban J connectivity index is 2.60. The fourth-order valence-electron chi connectivity index (χ4n) is 1.01. The van der Waals surface area contributed by atoms with E-state index in [-0.39, 0.29) is 6.42 Å². The summed E-state index contributed by atoms with van der Waals surface area (Å²) in [5.41, 5.74) is 5.22. The Hall–Kier alpha value is -1.91. The number of primary amides is 1. The monoisotopic (exact) mass is 196 g/mol. The van der Waals surface area contributed by atoms with Crippen LogP contribution in [0.3, 0.4) is 0 Å². The van der Waals surface area contributed by atoms with Gasteiger partial charge in [-0.15, -0.1) is 0 Å². The van der Waals surface area contributed by atoms with Gasteiger partial charge in [-0.25, -0.2) is 9.18 Å². The van der Waals surface area contributed by atoms with Crippen LogP contribution in [0.2, 0.25) is 0 Å². The molecular formula is C9H9FN2O2. The second-order valence-corrected chi connectivity index (χ2v) is 2.72. The highest BCUT2D eigenvalue weighted by Gasteiger charge is 2.05. The predicted molar refractivity (Wildman–Crippen MR) is 47.8 cm³/mol. The Labute approximate surface area is 79.9 Å². The van der Waals surface area contributed by atoms with E-state index in [1.807, 2.05) is 5.32 Å². The van der Waals surface area contributed by atoms with Crippen LogP contribution in [0, 0.1) is 5.82 Å². The van der Waals surface area contributed by atoms with Crippen molar-refractivity contribution in [1.82, 2.24) is 5.32 Å². The smallest absolute Gasteiger partial charge is 0.318 e. The minimum atomic E-state index is -0.911. The van der Waals surface area contributed by atoms with Crippen LogP contribution in [0.5, 0.6) is 0 Å². The molecule has 14 heavy (non-hydrogen) atoms. The fraction of sp³-hybridized carbons (Fsp3) is 0.111. The lowest BCUT2D eigenvalue weighted by Gasteiger charge is -2.00. The third-order valence-corrected chi connectivity index (χ3v) is 1.52. The summed E-state index contributed by atoms with van der Waals surface area (Å²) in [4.78, 5) is 21.3. The molecule has 1 rings (SSSR count). The number of nitrogens with one attached hydrogen (secondary N) is 1. The Morgan fingerprint density at radius 1 is 1.43 bits per heavy atom. The molecule has 0 radical (unpaired) electrons. The second kappa shape index (κ2) is 4.36. The Bertz CT molecular complexity index is 366. The average molecular weight is 196 g/mol. The van der Waals surface area contributed by atoms with E-state index in [0.717, 1.165) is 0 Å². The molecule has 3 N–H and O–H groups in total. The van der Waals surface area contributed by atoms with E-state index >= 15 is 0 Å². The van der Waals surface area contributed by atoms with Gasteiger partial charge in [-0.2, -0.15) is 0 Å². The van der Waals surface area contributed by atoms with Gasteiger partial charge in [0, 0.05) is 0 Å². The summed E-state index contributed by atoms with van der Waals surface area (Å²) in [7, 11) is 0. The van der Waals surface area contributed by atoms with Crippen LogP contribution < -0.4 is 11.1 Å². The van der Waals surface area contributed by atoms with Crippen molar-refractivity contribution in [3.63, 3.8) is 0 Å². The van der Waals surface area contributed by atoms with Gasteiger partial charge in [-0.3, -0.25) is 10.1 Å². The molecule has 0 aliphatic rings. The van der Waals surface area contributed by atoms with Crippen molar-refractivity contribution < 1.29 is 14.0 Å². The summed E-state index contributed by atoms with van der Waals surface area (Å²) in [6, 6.07) is 4.66. The summed E-state index contributed by atoms with van der Waals surface area (Å²) in [5, 5.41) is 1.89. The van der Waals surface area contributed by atoms with Crippen LogP contribution in [0.4, 0.5) is 9.18 Å². The van der Waals surface area contributed by atoms with E-state index in [4.69, 9.17) is 5.73 Å². The molecule has 0 bridgehead atoms. The van der Waals surface area contributed by atoms with Gasteiger partial charge in [0.25, 0.3) is 0 Å². The van der Waals surface area contributed by atoms with E-state index in [9.17, 15) is 14.0 Å². The van der Waals surface area contributed by atoms with Gasteiger partial charge in [0.1, 0.15) is 5.82 Å². The number of benzene rings is 1. The molecule has 1 aromatic rings. The van der Waals surface area contributed by atoms with Gasteiger partial charge in [-0.1, -0.05) is 12.1 Å². The molecular weight excluding hydrogens is 187 g/mol. The normalized spacial score (nSPS) is 9.50. The number of hydrogen-bond acceptors (Lipinski definition) is 2. The first-order valence-corrected chi connectivity index (χ1v) is 3.91. The lowest BCUT2D eigenvalue weighted by molar-refractivity contribution is -0.119. The third kappa shape index (κ3) is 3.22. The molecule has 0 saturated carbocycles. The van der Waals surface area contributed by atoms with Gasteiger partial charge >= 0.3 is 6.03 Å². The Morgan fingerprint density at radius 3 is 2.71 bits per heavy atom. The molecule has 0 saturated heterocycles. The predicted octanol–water partition coefficient (Wildman–Crippen LogP) is 0.563. The molecule has 0 aromatic heterocycles. The number of nitrogens with two attached hydrogens (primary N) is 1. The first-order valence-electron chi connectivity index (χ1n) is 3.91. The zero-order valence-electron chi connectivity index (χ0n) is 7.29. The highest BCUT2D eigenvalue weighted by Crippen LogP contribution is 2.03. The summed E-state index contributed by atoms with van der Waals surface area (Å²) >= 11 is 0. The van der Waals surface area contributed by atoms with E-state index in [0.29, 0.717) is 5.56 Å². The molecule has 0 atom stereocenters. The van der Waals surface area contributed by atoms with Crippen LogP contribution in [0.25, 0.3) is 0 Å². The first-order chi connectivity index (χ1) is 6.58. The van der Waals surface area contributed by atoms with Gasteiger partial charge < -0.3 is 5.73 Å². The number of carbonyl (C=O) groups is 2. The molecule has 1 aromatic carbocycles. The van der Waals surface area contributed by atoms with E-state index in [2.05, 4.69) is 0 Å². The van der Waals surface area contributed by atoms with Gasteiger partial charge in [0.05, 0.1) is 6.42 Å². The molecule has 74 valence electrons. The van der Waals surface area contributed by atoms with Crippen molar-refractivity contribution in [3.8, 4) is 0 Å². The largest absolute Gasteiger partial charge is 0.351 e. The van der Waals surface area contributed by atoms with Crippen LogP contribution >= 0.6 is 0 Å². The first kappa shape index (κ1) is 10.2. The van der Waals surface area contributed by atoms with Gasteiger partial charge in [0.2, 0.25) is 5.91 Å². The van der Waals surface area contributed by atoms with Crippen molar-refractivity contribution in [2.24, 2.45) is 5.73 Å². The minimum absolute atomic E-state index is 0.0688. The molecule has 0 spiro atoms. The van der Waals surface area contributed by atoms with Crippen LogP contribution in [-0.4, -0.2) is 11.9 Å². The SMILES string of the molecule is NC(=O)NC(=O)Cc1cccc(F)c1. The molecule has 0 heterocycles. The lowest BCUT2D eigenvalue weighted by Crippen LogP contribution is -2.35. The maximum absolute atomic E-state index is 12.7. The Kier molecular flexibility index (Phi) is 3.17. The molecule has 0 aliphatic heterocycles. The zero-order valence-corrected chi connectivity index (χ0v) is 7.29. The number of carbonyl (C=O) groups excluding carboxylic acids is 2. The number of urea groups is 1. The quantitative estimate of drug-likeness (QED) is 0.725. The van der Waals surface area contributed by atoms with E-state index in [1.54, 1.807) is 6.07 Å². The summed E-state index contributed by atoms with van der Waals surface area (Å²) in [5.74, 6) is -0.975. The Morgan fingerprint density at radius 2 is 2.14 bits per heavy atom. The maximum atomic E-state index is 12.7. The second-order valence-electron chi connectivity index (χ2n) is 2.72. The summed E-state index contributed by atoms with van der Waals surface area (Å²) < 4.78 is 12.7. The van der Waals surface area contributed by atoms with Crippen molar-refractivity contribution in [1.29, 1.82) is 0 Å². The topological polar surface area (TPSA) is 72.2 Å². The minimum Gasteiger partial charge on any atom is -0.351 e. The highest BCUT2D eigenvalue weighted by atomic mass is 19.1. The molecule has 0 aliphatic carbocycles. The third-order valence-electron chi connectivity index (χ3n) is 1.52. The van der Waals surface area contributed by atoms with Crippen LogP contribution in [0.15, 0.2) is 24.3 Å². The molecule has 0 unspecified atom stereocenters. The van der Waals surface area contributed by atoms with Crippen LogP contribution in [-0.2, 0) is 11.2 Å². The number of hydrogen-bond donors (Lipinski definition) is 2.